The molecule has 35 heavy (non-hydrogen) atoms. The maximum atomic E-state index is 13.0. The Bertz CT molecular complexity index is 1020. The van der Waals surface area contributed by atoms with Crippen molar-refractivity contribution in [3.8, 4) is 0 Å². The summed E-state index contributed by atoms with van der Waals surface area (Å²) in [5.41, 5.74) is -1.79. The Balaban J connectivity index is 1.80. The number of hydrogen-bond donors (Lipinski definition) is 5. The van der Waals surface area contributed by atoms with E-state index in [1.165, 1.54) is 6.08 Å². The van der Waals surface area contributed by atoms with Crippen molar-refractivity contribution in [2.24, 2.45) is 34.5 Å². The van der Waals surface area contributed by atoms with E-state index in [4.69, 9.17) is 14.2 Å². The van der Waals surface area contributed by atoms with E-state index in [2.05, 4.69) is 0 Å². The highest BCUT2D eigenvalue weighted by molar-refractivity contribution is 5.88. The van der Waals surface area contributed by atoms with E-state index in [9.17, 15) is 35.1 Å². The van der Waals surface area contributed by atoms with E-state index in [0.29, 0.717) is 11.1 Å². The first kappa shape index (κ1) is 24.9. The van der Waals surface area contributed by atoms with E-state index >= 15 is 0 Å². The van der Waals surface area contributed by atoms with Crippen LogP contribution in [0.15, 0.2) is 23.3 Å². The second-order valence-electron chi connectivity index (χ2n) is 11.2. The van der Waals surface area contributed by atoms with Crippen molar-refractivity contribution in [3.05, 3.63) is 23.3 Å². The minimum Gasteiger partial charge on any atom is -0.456 e. The van der Waals surface area contributed by atoms with E-state index in [0.717, 1.165) is 0 Å². The molecule has 10 nitrogen and oxygen atoms in total. The third-order valence-electron chi connectivity index (χ3n) is 9.77. The fourth-order valence-electron chi connectivity index (χ4n) is 8.37. The molecule has 0 aromatic carbocycles. The molecule has 2 saturated carbocycles. The van der Waals surface area contributed by atoms with Gasteiger partial charge in [0.1, 0.15) is 18.3 Å². The summed E-state index contributed by atoms with van der Waals surface area (Å²) >= 11 is 0. The molecular weight excluding hydrogens is 460 g/mol. The smallest absolute Gasteiger partial charge is 0.335 e. The number of carbonyl (C=O) groups is 2. The second kappa shape index (κ2) is 7.60. The maximum Gasteiger partial charge on any atom is 0.335 e. The van der Waals surface area contributed by atoms with E-state index in [-0.39, 0.29) is 6.61 Å². The second-order valence-corrected chi connectivity index (χ2v) is 11.2. The lowest BCUT2D eigenvalue weighted by Gasteiger charge is -2.69. The molecule has 5 aliphatic rings. The first-order valence-electron chi connectivity index (χ1n) is 12.1. The minimum absolute atomic E-state index is 0.209. The average Bonchev–Trinajstić information content (AvgIpc) is 3.09. The number of ether oxygens (including phenoxy) is 3. The molecule has 2 bridgehead atoms. The zero-order valence-corrected chi connectivity index (χ0v) is 20.4. The summed E-state index contributed by atoms with van der Waals surface area (Å²) in [5.74, 6) is -7.28. The minimum atomic E-state index is -2.16. The Morgan fingerprint density at radius 3 is 2.51 bits per heavy atom. The molecular formula is C25H34O10. The zero-order valence-electron chi connectivity index (χ0n) is 20.4. The SMILES string of the molecule is C/C=C(\C)C(=O)OC1C2C(C)=CC(O)C(O)C2(C)C2C3(O)OCC24C1OC(=O)C(O)C4C(C)C3O. The highest BCUT2D eigenvalue weighted by Gasteiger charge is 2.85. The van der Waals surface area contributed by atoms with Crippen LogP contribution in [0.1, 0.15) is 34.6 Å². The maximum absolute atomic E-state index is 13.0. The summed E-state index contributed by atoms with van der Waals surface area (Å²) in [7, 11) is 0. The van der Waals surface area contributed by atoms with Gasteiger partial charge in [0.2, 0.25) is 0 Å². The largest absolute Gasteiger partial charge is 0.456 e. The molecule has 4 fully saturated rings. The van der Waals surface area contributed by atoms with Gasteiger partial charge in [-0.15, -0.1) is 0 Å². The molecule has 0 aromatic rings. The highest BCUT2D eigenvalue weighted by atomic mass is 16.7. The van der Waals surface area contributed by atoms with Gasteiger partial charge in [-0.2, -0.15) is 0 Å². The Kier molecular flexibility index (Phi) is 5.39. The van der Waals surface area contributed by atoms with Crippen molar-refractivity contribution in [2.75, 3.05) is 6.61 Å². The summed E-state index contributed by atoms with van der Waals surface area (Å²) in [6.07, 6.45) is -5.04. The van der Waals surface area contributed by atoms with Crippen LogP contribution in [0.25, 0.3) is 0 Å². The number of carbonyl (C=O) groups excluding carboxylic acids is 2. The van der Waals surface area contributed by atoms with Crippen LogP contribution in [0.3, 0.4) is 0 Å². The van der Waals surface area contributed by atoms with Crippen LogP contribution >= 0.6 is 0 Å². The van der Waals surface area contributed by atoms with Crippen molar-refractivity contribution in [1.29, 1.82) is 0 Å². The first-order chi connectivity index (χ1) is 16.3. The quantitative estimate of drug-likeness (QED) is 0.191. The number of aliphatic hydroxyl groups is 5. The number of rotatable bonds is 2. The third kappa shape index (κ3) is 2.75. The molecule has 194 valence electrons. The first-order valence-corrected chi connectivity index (χ1v) is 12.1. The van der Waals surface area contributed by atoms with Crippen LogP contribution in [0.5, 0.6) is 0 Å². The van der Waals surface area contributed by atoms with E-state index in [1.807, 2.05) is 0 Å². The van der Waals surface area contributed by atoms with Gasteiger partial charge in [-0.25, -0.2) is 9.59 Å². The molecule has 0 radical (unpaired) electrons. The van der Waals surface area contributed by atoms with E-state index in [1.54, 1.807) is 40.7 Å². The lowest BCUT2D eigenvalue weighted by molar-refractivity contribution is -0.357. The Hall–Kier alpha value is -1.82. The third-order valence-corrected chi connectivity index (χ3v) is 9.77. The van der Waals surface area contributed by atoms with Crippen LogP contribution in [0.4, 0.5) is 0 Å². The van der Waals surface area contributed by atoms with Crippen LogP contribution in [-0.4, -0.2) is 86.5 Å². The zero-order chi connectivity index (χ0) is 25.8. The summed E-state index contributed by atoms with van der Waals surface area (Å²) < 4.78 is 17.7. The lowest BCUT2D eigenvalue weighted by atomic mass is 9.37. The van der Waals surface area contributed by atoms with Gasteiger partial charge >= 0.3 is 11.9 Å². The standard InChI is InChI=1S/C25H34O10/c1-6-9(2)20(30)34-16-13-10(3)7-12(26)18(29)23(13,5)22-24-8-33-25(22,32)17(28)11(4)14(24)15(27)21(31)35-19(16)24/h6-7,11-19,22,26-29,32H,8H2,1-5H3/b9-6+. The van der Waals surface area contributed by atoms with Gasteiger partial charge in [-0.1, -0.05) is 31.6 Å². The van der Waals surface area contributed by atoms with Crippen molar-refractivity contribution >= 4 is 11.9 Å². The van der Waals surface area contributed by atoms with Gasteiger partial charge in [-0.05, 0) is 26.7 Å². The Morgan fingerprint density at radius 1 is 1.23 bits per heavy atom. The van der Waals surface area contributed by atoms with Gasteiger partial charge < -0.3 is 39.7 Å². The fraction of sp³-hybridized carbons (Fsp3) is 0.760. The number of hydrogen-bond acceptors (Lipinski definition) is 10. The Labute approximate surface area is 203 Å². The lowest BCUT2D eigenvalue weighted by Crippen LogP contribution is -2.81. The van der Waals surface area contributed by atoms with Crippen LogP contribution in [0, 0.1) is 34.5 Å². The topological polar surface area (TPSA) is 163 Å². The van der Waals surface area contributed by atoms with Crippen molar-refractivity contribution in [1.82, 2.24) is 0 Å². The van der Waals surface area contributed by atoms with Gasteiger partial charge in [0, 0.05) is 34.2 Å². The number of esters is 2. The molecule has 5 rings (SSSR count). The van der Waals surface area contributed by atoms with Gasteiger partial charge in [0.25, 0.3) is 0 Å². The molecule has 13 atom stereocenters. The van der Waals surface area contributed by atoms with Crippen molar-refractivity contribution in [3.63, 3.8) is 0 Å². The number of allylic oxidation sites excluding steroid dienone is 1. The Morgan fingerprint density at radius 2 is 1.89 bits per heavy atom. The molecule has 2 heterocycles. The van der Waals surface area contributed by atoms with E-state index < -0.39 is 88.9 Å². The summed E-state index contributed by atoms with van der Waals surface area (Å²) in [4.78, 5) is 25.9. The van der Waals surface area contributed by atoms with Gasteiger partial charge in [0.05, 0.1) is 18.8 Å². The molecule has 0 aromatic heterocycles. The predicted octanol–water partition coefficient (Wildman–Crippen LogP) is -0.583. The summed E-state index contributed by atoms with van der Waals surface area (Å²) in [5, 5.41) is 56.2. The van der Waals surface area contributed by atoms with Crippen LogP contribution < -0.4 is 0 Å². The summed E-state index contributed by atoms with van der Waals surface area (Å²) in [6.45, 7) is 8.05. The molecule has 10 heteroatoms. The van der Waals surface area contributed by atoms with Gasteiger partial charge in [-0.3, -0.25) is 0 Å². The summed E-state index contributed by atoms with van der Waals surface area (Å²) in [6, 6.07) is 0. The molecule has 3 aliphatic carbocycles. The molecule has 2 saturated heterocycles. The van der Waals surface area contributed by atoms with Crippen molar-refractivity contribution in [2.45, 2.75) is 77.0 Å². The van der Waals surface area contributed by atoms with Gasteiger partial charge in [0.15, 0.2) is 11.9 Å². The average molecular weight is 495 g/mol. The normalized spacial score (nSPS) is 54.9. The molecule has 13 unspecified atom stereocenters. The molecule has 2 aliphatic heterocycles. The molecule has 5 N–H and O–H groups in total. The molecule has 0 amide bonds. The molecule has 1 spiro atoms. The van der Waals surface area contributed by atoms with Crippen LogP contribution in [-0.2, 0) is 23.8 Å². The number of aliphatic hydroxyl groups excluding tert-OH is 4. The monoisotopic (exact) mass is 494 g/mol. The van der Waals surface area contributed by atoms with Crippen LogP contribution in [0.2, 0.25) is 0 Å². The fourth-order valence-corrected chi connectivity index (χ4v) is 8.37. The highest BCUT2D eigenvalue weighted by Crippen LogP contribution is 2.74. The van der Waals surface area contributed by atoms with Crippen molar-refractivity contribution < 1.29 is 49.3 Å². The predicted molar refractivity (Wildman–Crippen MR) is 118 cm³/mol. The number of fused-ring (bicyclic) bond motifs is 1.